The number of halogens is 3. The minimum Gasteiger partial charge on any atom is -0.741 e. The number of hydrogen-bond donors (Lipinski definition) is 0. The first-order valence-electron chi connectivity index (χ1n) is 7.60. The molecule has 0 amide bonds. The molecule has 0 saturated carbocycles. The monoisotopic (exact) mass is 367 g/mol. The van der Waals surface area contributed by atoms with Gasteiger partial charge in [0.25, 0.3) is 0 Å². The van der Waals surface area contributed by atoms with Gasteiger partial charge < -0.3 is 9.04 Å². The fourth-order valence-electron chi connectivity index (χ4n) is 2.03. The van der Waals surface area contributed by atoms with E-state index in [0.29, 0.717) is 0 Å². The lowest BCUT2D eigenvalue weighted by Gasteiger charge is -2.34. The molecule has 0 unspecified atom stereocenters. The van der Waals surface area contributed by atoms with Crippen LogP contribution in [0.2, 0.25) is 0 Å². The molecular weight excluding hydrogens is 343 g/mol. The third kappa shape index (κ3) is 7.94. The van der Waals surface area contributed by atoms with Crippen LogP contribution in [0.3, 0.4) is 0 Å². The first kappa shape index (κ1) is 22.6. The lowest BCUT2D eigenvalue weighted by atomic mass is 10.2. The molecule has 1 aromatic rings. The summed E-state index contributed by atoms with van der Waals surface area (Å²) >= 11 is 0. The van der Waals surface area contributed by atoms with Crippen molar-refractivity contribution >= 4 is 16.2 Å². The Balaban J connectivity index is 0.000000561. The molecule has 0 radical (unpaired) electrons. The van der Waals surface area contributed by atoms with Gasteiger partial charge in [0.2, 0.25) is 0 Å². The lowest BCUT2D eigenvalue weighted by molar-refractivity contribution is -0.917. The van der Waals surface area contributed by atoms with Gasteiger partial charge in [0.05, 0.1) is 26.2 Å². The van der Waals surface area contributed by atoms with E-state index < -0.39 is 15.6 Å². The number of likely N-dealkylation sites (N-methyl/N-ethyl adjacent to an activating group) is 1. The molecule has 0 aliphatic heterocycles. The predicted octanol–water partition coefficient (Wildman–Crippen LogP) is 3.63. The van der Waals surface area contributed by atoms with Crippen LogP contribution in [0, 0.1) is 0 Å². The van der Waals surface area contributed by atoms with Gasteiger partial charge in [-0.2, -0.15) is 13.2 Å². The average Bonchev–Trinajstić information content (AvgIpc) is 2.52. The minimum atomic E-state index is -6.09. The quantitative estimate of drug-likeness (QED) is 0.438. The summed E-state index contributed by atoms with van der Waals surface area (Å²) in [5.74, 6) is 0. The lowest BCUT2D eigenvalue weighted by Crippen LogP contribution is -2.47. The van der Waals surface area contributed by atoms with E-state index in [2.05, 4.69) is 63.3 Å². The Labute approximate surface area is 141 Å². The summed E-state index contributed by atoms with van der Waals surface area (Å²) in [6, 6.07) is 10.5. The summed E-state index contributed by atoms with van der Waals surface area (Å²) in [5.41, 5.74) is -4.35. The fraction of sp³-hybridized carbons (Fsp3) is 0.500. The van der Waals surface area contributed by atoms with Crippen LogP contribution in [-0.2, 0) is 10.1 Å². The molecule has 24 heavy (non-hydrogen) atoms. The molecule has 0 fully saturated rings. The highest BCUT2D eigenvalue weighted by Gasteiger charge is 2.36. The van der Waals surface area contributed by atoms with Crippen molar-refractivity contribution in [3.05, 3.63) is 42.0 Å². The topological polar surface area (TPSA) is 57.2 Å². The predicted molar refractivity (Wildman–Crippen MR) is 88.0 cm³/mol. The largest absolute Gasteiger partial charge is 0.741 e. The standard InChI is InChI=1S/C15H24N.CHF3O3S/c1-4-16(5-2,6-3)14-10-13-15-11-8-7-9-12-15;2-1(3,4)8(5,6)7/h7-13H,4-6,14H2,1-3H3;(H,5,6,7)/q+1;/p-1/b13-10+;. The number of nitrogens with zero attached hydrogens (tertiary/aromatic N) is 1. The summed E-state index contributed by atoms with van der Waals surface area (Å²) in [6.45, 7) is 11.6. The molecule has 0 aromatic heterocycles. The van der Waals surface area contributed by atoms with E-state index >= 15 is 0 Å². The maximum absolute atomic E-state index is 10.7. The van der Waals surface area contributed by atoms with Crippen molar-refractivity contribution in [1.82, 2.24) is 0 Å². The Kier molecular flexibility index (Phi) is 9.24. The van der Waals surface area contributed by atoms with Crippen LogP contribution in [-0.4, -0.2) is 49.1 Å². The van der Waals surface area contributed by atoms with Gasteiger partial charge in [0.15, 0.2) is 10.1 Å². The molecule has 0 aliphatic carbocycles. The van der Waals surface area contributed by atoms with Crippen molar-refractivity contribution in [2.75, 3.05) is 26.2 Å². The summed E-state index contributed by atoms with van der Waals surface area (Å²) in [4.78, 5) is 0. The van der Waals surface area contributed by atoms with Crippen molar-refractivity contribution < 1.29 is 30.6 Å². The van der Waals surface area contributed by atoms with E-state index in [4.69, 9.17) is 13.0 Å². The summed E-state index contributed by atoms with van der Waals surface area (Å²) in [5, 5.41) is 0. The van der Waals surface area contributed by atoms with E-state index in [9.17, 15) is 13.2 Å². The molecular formula is C16H24F3NO3S. The van der Waals surface area contributed by atoms with E-state index in [1.165, 1.54) is 29.7 Å². The Morgan fingerprint density at radius 1 is 1.04 bits per heavy atom. The van der Waals surface area contributed by atoms with Gasteiger partial charge in [0.1, 0.15) is 0 Å². The molecule has 0 aliphatic rings. The second-order valence-electron chi connectivity index (χ2n) is 5.19. The third-order valence-electron chi connectivity index (χ3n) is 3.90. The van der Waals surface area contributed by atoms with Crippen LogP contribution in [0.25, 0.3) is 6.08 Å². The van der Waals surface area contributed by atoms with Crippen molar-refractivity contribution in [3.63, 3.8) is 0 Å². The van der Waals surface area contributed by atoms with Crippen molar-refractivity contribution in [2.24, 2.45) is 0 Å². The maximum atomic E-state index is 10.7. The molecule has 4 nitrogen and oxygen atoms in total. The number of hydrogen-bond acceptors (Lipinski definition) is 3. The van der Waals surface area contributed by atoms with E-state index in [-0.39, 0.29) is 0 Å². The third-order valence-corrected chi connectivity index (χ3v) is 4.47. The first-order valence-corrected chi connectivity index (χ1v) is 9.01. The first-order chi connectivity index (χ1) is 11.0. The molecule has 138 valence electrons. The van der Waals surface area contributed by atoms with Crippen LogP contribution in [0.1, 0.15) is 26.3 Å². The van der Waals surface area contributed by atoms with Crippen LogP contribution in [0.15, 0.2) is 36.4 Å². The van der Waals surface area contributed by atoms with Gasteiger partial charge in [0, 0.05) is 0 Å². The molecule has 0 spiro atoms. The van der Waals surface area contributed by atoms with Gasteiger partial charge in [-0.1, -0.05) is 36.4 Å². The van der Waals surface area contributed by atoms with Crippen LogP contribution in [0.5, 0.6) is 0 Å². The highest BCUT2D eigenvalue weighted by molar-refractivity contribution is 7.86. The zero-order valence-corrected chi connectivity index (χ0v) is 14.9. The highest BCUT2D eigenvalue weighted by Crippen LogP contribution is 2.20. The van der Waals surface area contributed by atoms with Crippen molar-refractivity contribution in [3.8, 4) is 0 Å². The van der Waals surface area contributed by atoms with E-state index in [1.807, 2.05) is 0 Å². The zero-order valence-electron chi connectivity index (χ0n) is 14.1. The Hall–Kier alpha value is -1.38. The maximum Gasteiger partial charge on any atom is 0.485 e. The molecule has 8 heteroatoms. The van der Waals surface area contributed by atoms with Gasteiger partial charge >= 0.3 is 5.51 Å². The van der Waals surface area contributed by atoms with Crippen LogP contribution < -0.4 is 0 Å². The smallest absolute Gasteiger partial charge is 0.485 e. The van der Waals surface area contributed by atoms with Gasteiger partial charge in [-0.25, -0.2) is 8.42 Å². The number of alkyl halides is 3. The normalized spacial score (nSPS) is 12.8. The molecule has 0 heterocycles. The molecule has 1 rings (SSSR count). The SMILES string of the molecule is CC[N+](CC)(CC)C/C=C/c1ccccc1.O=S(=O)([O-])C(F)(F)F. The van der Waals surface area contributed by atoms with Crippen LogP contribution in [0.4, 0.5) is 13.2 Å². The Bertz CT molecular complexity index is 586. The van der Waals surface area contributed by atoms with E-state index in [0.717, 1.165) is 6.54 Å². The molecule has 0 saturated heterocycles. The van der Waals surface area contributed by atoms with Gasteiger partial charge in [-0.05, 0) is 32.4 Å². The van der Waals surface area contributed by atoms with Crippen LogP contribution >= 0.6 is 0 Å². The summed E-state index contributed by atoms with van der Waals surface area (Å²) < 4.78 is 60.1. The number of benzene rings is 1. The zero-order chi connectivity index (χ0) is 18.9. The molecule has 1 aromatic carbocycles. The number of quaternary nitrogens is 1. The average molecular weight is 367 g/mol. The van der Waals surface area contributed by atoms with Gasteiger partial charge in [-0.3, -0.25) is 0 Å². The van der Waals surface area contributed by atoms with Gasteiger partial charge in [-0.15, -0.1) is 0 Å². The van der Waals surface area contributed by atoms with E-state index in [1.54, 1.807) is 0 Å². The number of rotatable bonds is 6. The summed E-state index contributed by atoms with van der Waals surface area (Å²) in [6.07, 6.45) is 4.54. The second-order valence-corrected chi connectivity index (χ2v) is 6.56. The Morgan fingerprint density at radius 2 is 1.46 bits per heavy atom. The molecule has 0 bridgehead atoms. The second kappa shape index (κ2) is 9.80. The molecule has 0 N–H and O–H groups in total. The highest BCUT2D eigenvalue weighted by atomic mass is 32.2. The minimum absolute atomic E-state index is 1.14. The molecule has 0 atom stereocenters. The fourth-order valence-corrected chi connectivity index (χ4v) is 2.03. The Morgan fingerprint density at radius 3 is 1.79 bits per heavy atom. The van der Waals surface area contributed by atoms with Crippen molar-refractivity contribution in [1.29, 1.82) is 0 Å². The summed E-state index contributed by atoms with van der Waals surface area (Å²) in [7, 11) is -6.09. The van der Waals surface area contributed by atoms with Crippen molar-refractivity contribution in [2.45, 2.75) is 26.3 Å².